The average molecular weight is 268 g/mol. The second-order valence-corrected chi connectivity index (χ2v) is 4.94. The average Bonchev–Trinajstić information content (AvgIpc) is 2.91. The molecule has 0 saturated carbocycles. The molecule has 5 heteroatoms. The van der Waals surface area contributed by atoms with Crippen molar-refractivity contribution in [2.75, 3.05) is 20.1 Å². The van der Waals surface area contributed by atoms with Gasteiger partial charge in [0.25, 0.3) is 5.91 Å². The standard InChI is InChI=1S/C14H18F2N2O/c1-18(8-6-11-3-2-7-17-11)14(19)10-4-5-12(15)13(16)9-10/h4-5,9,11,17H,2-3,6-8H2,1H3. The highest BCUT2D eigenvalue weighted by molar-refractivity contribution is 5.94. The maximum Gasteiger partial charge on any atom is 0.253 e. The van der Waals surface area contributed by atoms with Crippen LogP contribution in [0.1, 0.15) is 29.6 Å². The Morgan fingerprint density at radius 3 is 2.84 bits per heavy atom. The number of hydrogen-bond acceptors (Lipinski definition) is 2. The summed E-state index contributed by atoms with van der Waals surface area (Å²) in [5.74, 6) is -2.21. The summed E-state index contributed by atoms with van der Waals surface area (Å²) in [6.07, 6.45) is 3.19. The lowest BCUT2D eigenvalue weighted by Gasteiger charge is -2.19. The number of carbonyl (C=O) groups is 1. The van der Waals surface area contributed by atoms with Crippen LogP contribution in [0.5, 0.6) is 0 Å². The summed E-state index contributed by atoms with van der Waals surface area (Å²) in [6.45, 7) is 1.64. The molecule has 1 aromatic carbocycles. The first-order chi connectivity index (χ1) is 9.08. The van der Waals surface area contributed by atoms with Crippen molar-refractivity contribution in [3.63, 3.8) is 0 Å². The summed E-state index contributed by atoms with van der Waals surface area (Å²) in [5.41, 5.74) is 0.181. The van der Waals surface area contributed by atoms with E-state index < -0.39 is 11.6 Å². The third-order valence-electron chi connectivity index (χ3n) is 3.49. The fourth-order valence-corrected chi connectivity index (χ4v) is 2.30. The quantitative estimate of drug-likeness (QED) is 0.907. The first-order valence-electron chi connectivity index (χ1n) is 6.52. The highest BCUT2D eigenvalue weighted by Crippen LogP contribution is 2.13. The Hall–Kier alpha value is -1.49. The molecule has 1 amide bonds. The normalized spacial score (nSPS) is 18.6. The van der Waals surface area contributed by atoms with Crippen LogP contribution in [0.4, 0.5) is 8.78 Å². The number of hydrogen-bond donors (Lipinski definition) is 1. The van der Waals surface area contributed by atoms with E-state index in [1.165, 1.54) is 12.5 Å². The molecule has 0 aliphatic carbocycles. The van der Waals surface area contributed by atoms with Gasteiger partial charge in [0.05, 0.1) is 0 Å². The SMILES string of the molecule is CN(CCC1CCCN1)C(=O)c1ccc(F)c(F)c1. The molecular weight excluding hydrogens is 250 g/mol. The fourth-order valence-electron chi connectivity index (χ4n) is 2.30. The van der Waals surface area contributed by atoms with Crippen LogP contribution in [0.15, 0.2) is 18.2 Å². The zero-order chi connectivity index (χ0) is 13.8. The van der Waals surface area contributed by atoms with Crippen molar-refractivity contribution in [2.24, 2.45) is 0 Å². The number of benzene rings is 1. The molecule has 1 aliphatic rings. The Balaban J connectivity index is 1.92. The lowest BCUT2D eigenvalue weighted by molar-refractivity contribution is 0.0789. The van der Waals surface area contributed by atoms with Crippen molar-refractivity contribution in [3.05, 3.63) is 35.4 Å². The topological polar surface area (TPSA) is 32.3 Å². The van der Waals surface area contributed by atoms with E-state index in [4.69, 9.17) is 0 Å². The molecular formula is C14H18F2N2O. The van der Waals surface area contributed by atoms with E-state index in [-0.39, 0.29) is 11.5 Å². The van der Waals surface area contributed by atoms with E-state index in [1.807, 2.05) is 0 Å². The zero-order valence-electron chi connectivity index (χ0n) is 11.0. The second-order valence-electron chi connectivity index (χ2n) is 4.94. The Bertz CT molecular complexity index is 459. The monoisotopic (exact) mass is 268 g/mol. The van der Waals surface area contributed by atoms with Crippen LogP contribution in [0.2, 0.25) is 0 Å². The molecule has 1 unspecified atom stereocenters. The first kappa shape index (κ1) is 13.9. The highest BCUT2D eigenvalue weighted by atomic mass is 19.2. The summed E-state index contributed by atoms with van der Waals surface area (Å²) in [5, 5.41) is 3.36. The molecule has 1 atom stereocenters. The van der Waals surface area contributed by atoms with Gasteiger partial charge in [0, 0.05) is 25.2 Å². The Labute approximate surface area is 111 Å². The van der Waals surface area contributed by atoms with Crippen LogP contribution in [0, 0.1) is 11.6 Å². The van der Waals surface area contributed by atoms with Crippen LogP contribution in [0.3, 0.4) is 0 Å². The Morgan fingerprint density at radius 2 is 2.21 bits per heavy atom. The molecule has 2 rings (SSSR count). The molecule has 1 aliphatic heterocycles. The van der Waals surface area contributed by atoms with Crippen LogP contribution >= 0.6 is 0 Å². The number of nitrogens with zero attached hydrogens (tertiary/aromatic N) is 1. The number of halogens is 2. The van der Waals surface area contributed by atoms with Crippen molar-refractivity contribution in [2.45, 2.75) is 25.3 Å². The van der Waals surface area contributed by atoms with E-state index in [9.17, 15) is 13.6 Å². The van der Waals surface area contributed by atoms with Gasteiger partial charge >= 0.3 is 0 Å². The third kappa shape index (κ3) is 3.50. The fraction of sp³-hybridized carbons (Fsp3) is 0.500. The van der Waals surface area contributed by atoms with Gasteiger partial charge in [-0.25, -0.2) is 8.78 Å². The highest BCUT2D eigenvalue weighted by Gasteiger charge is 2.18. The minimum Gasteiger partial charge on any atom is -0.342 e. The second kappa shape index (κ2) is 6.10. The van der Waals surface area contributed by atoms with Gasteiger partial charge in [0.2, 0.25) is 0 Å². The predicted octanol–water partition coefficient (Wildman–Crippen LogP) is 2.18. The molecule has 1 fully saturated rings. The van der Waals surface area contributed by atoms with Crippen molar-refractivity contribution < 1.29 is 13.6 Å². The van der Waals surface area contributed by atoms with Crippen molar-refractivity contribution in [1.29, 1.82) is 0 Å². The third-order valence-corrected chi connectivity index (χ3v) is 3.49. The van der Waals surface area contributed by atoms with Crippen molar-refractivity contribution >= 4 is 5.91 Å². The van der Waals surface area contributed by atoms with Crippen molar-refractivity contribution in [3.8, 4) is 0 Å². The number of nitrogens with one attached hydrogen (secondary N) is 1. The van der Waals surface area contributed by atoms with Gasteiger partial charge in [-0.3, -0.25) is 4.79 Å². The van der Waals surface area contributed by atoms with Crippen LogP contribution < -0.4 is 5.32 Å². The summed E-state index contributed by atoms with van der Waals surface area (Å²) >= 11 is 0. The molecule has 3 nitrogen and oxygen atoms in total. The molecule has 0 spiro atoms. The van der Waals surface area contributed by atoms with E-state index in [1.54, 1.807) is 11.9 Å². The molecule has 1 heterocycles. The van der Waals surface area contributed by atoms with Crippen LogP contribution in [-0.4, -0.2) is 37.0 Å². The largest absolute Gasteiger partial charge is 0.342 e. The molecule has 1 aromatic rings. The summed E-state index contributed by atoms with van der Waals surface area (Å²) in [7, 11) is 1.68. The zero-order valence-corrected chi connectivity index (χ0v) is 11.0. The predicted molar refractivity (Wildman–Crippen MR) is 69.0 cm³/mol. The van der Waals surface area contributed by atoms with Crippen LogP contribution in [0.25, 0.3) is 0 Å². The van der Waals surface area contributed by atoms with E-state index in [0.717, 1.165) is 31.5 Å². The summed E-state index contributed by atoms with van der Waals surface area (Å²) < 4.78 is 25.9. The molecule has 1 saturated heterocycles. The molecule has 0 bridgehead atoms. The molecule has 19 heavy (non-hydrogen) atoms. The molecule has 0 radical (unpaired) electrons. The van der Waals surface area contributed by atoms with E-state index in [2.05, 4.69) is 5.32 Å². The van der Waals surface area contributed by atoms with Gasteiger partial charge in [-0.05, 0) is 44.0 Å². The smallest absolute Gasteiger partial charge is 0.253 e. The maximum atomic E-state index is 13.1. The van der Waals surface area contributed by atoms with Gasteiger partial charge in [-0.15, -0.1) is 0 Å². The molecule has 0 aromatic heterocycles. The van der Waals surface area contributed by atoms with Gasteiger partial charge in [0.1, 0.15) is 0 Å². The summed E-state index contributed by atoms with van der Waals surface area (Å²) in [6, 6.07) is 3.70. The minimum absolute atomic E-state index is 0.181. The Kier molecular flexibility index (Phi) is 4.47. The molecule has 104 valence electrons. The van der Waals surface area contributed by atoms with Gasteiger partial charge in [-0.2, -0.15) is 0 Å². The minimum atomic E-state index is -0.989. The Morgan fingerprint density at radius 1 is 1.42 bits per heavy atom. The number of rotatable bonds is 4. The van der Waals surface area contributed by atoms with E-state index in [0.29, 0.717) is 12.6 Å². The van der Waals surface area contributed by atoms with E-state index >= 15 is 0 Å². The number of amides is 1. The van der Waals surface area contributed by atoms with Gasteiger partial charge < -0.3 is 10.2 Å². The van der Waals surface area contributed by atoms with Crippen LogP contribution in [-0.2, 0) is 0 Å². The van der Waals surface area contributed by atoms with Gasteiger partial charge in [-0.1, -0.05) is 0 Å². The maximum absolute atomic E-state index is 13.1. The lowest BCUT2D eigenvalue weighted by atomic mass is 10.1. The lowest BCUT2D eigenvalue weighted by Crippen LogP contribution is -2.32. The molecule has 1 N–H and O–H groups in total. The number of carbonyl (C=O) groups excluding carboxylic acids is 1. The van der Waals surface area contributed by atoms with Gasteiger partial charge in [0.15, 0.2) is 11.6 Å². The summed E-state index contributed by atoms with van der Waals surface area (Å²) in [4.78, 5) is 13.6. The van der Waals surface area contributed by atoms with Crippen molar-refractivity contribution in [1.82, 2.24) is 10.2 Å². The first-order valence-corrected chi connectivity index (χ1v) is 6.52.